The van der Waals surface area contributed by atoms with E-state index in [4.69, 9.17) is 10.4 Å². The van der Waals surface area contributed by atoms with Crippen molar-refractivity contribution in [1.82, 2.24) is 11.0 Å². The van der Waals surface area contributed by atoms with Gasteiger partial charge in [0.25, 0.3) is 11.8 Å². The zero-order valence-corrected chi connectivity index (χ0v) is 17.5. The van der Waals surface area contributed by atoms with Crippen LogP contribution >= 0.6 is 23.5 Å². The lowest BCUT2D eigenvalue weighted by Crippen LogP contribution is -2.19. The molecule has 8 heteroatoms. The van der Waals surface area contributed by atoms with E-state index in [1.807, 2.05) is 24.3 Å². The molecule has 0 aliphatic rings. The number of thioether (sulfide) groups is 2. The molecule has 4 N–H and O–H groups in total. The number of amides is 2. The van der Waals surface area contributed by atoms with Gasteiger partial charge >= 0.3 is 0 Å². The Morgan fingerprint density at radius 2 is 1.18 bits per heavy atom. The van der Waals surface area contributed by atoms with Gasteiger partial charge in [-0.25, -0.2) is 11.0 Å². The fourth-order valence-electron chi connectivity index (χ4n) is 2.56. The van der Waals surface area contributed by atoms with Crippen LogP contribution in [0.25, 0.3) is 11.1 Å². The van der Waals surface area contributed by atoms with Gasteiger partial charge in [-0.2, -0.15) is 0 Å². The van der Waals surface area contributed by atoms with Gasteiger partial charge in [0.15, 0.2) is 0 Å². The fraction of sp³-hybridized carbons (Fsp3) is 0.300. The monoisotopic (exact) mass is 420 g/mol. The van der Waals surface area contributed by atoms with Crippen LogP contribution in [0.15, 0.2) is 46.2 Å². The third-order valence-corrected chi connectivity index (χ3v) is 6.43. The van der Waals surface area contributed by atoms with Crippen molar-refractivity contribution in [3.63, 3.8) is 0 Å². The molecule has 0 spiro atoms. The number of hydroxylamine groups is 2. The first-order valence-corrected chi connectivity index (χ1v) is 11.0. The van der Waals surface area contributed by atoms with E-state index in [2.05, 4.69) is 13.8 Å². The van der Waals surface area contributed by atoms with E-state index in [9.17, 15) is 9.59 Å². The van der Waals surface area contributed by atoms with Gasteiger partial charge in [-0.1, -0.05) is 26.0 Å². The Kier molecular flexibility index (Phi) is 8.85. The first kappa shape index (κ1) is 22.3. The lowest BCUT2D eigenvalue weighted by Gasteiger charge is -2.13. The first-order valence-electron chi connectivity index (χ1n) is 8.98. The molecule has 0 saturated heterocycles. The lowest BCUT2D eigenvalue weighted by molar-refractivity contribution is 0.0698. The first-order chi connectivity index (χ1) is 13.5. The summed E-state index contributed by atoms with van der Waals surface area (Å²) in [5.41, 5.74) is 6.03. The number of nitrogens with one attached hydrogen (secondary N) is 2. The summed E-state index contributed by atoms with van der Waals surface area (Å²) in [5, 5.41) is 18.0. The molecule has 0 aliphatic heterocycles. The quantitative estimate of drug-likeness (QED) is 0.269. The van der Waals surface area contributed by atoms with E-state index in [1.54, 1.807) is 46.6 Å². The van der Waals surface area contributed by atoms with Crippen molar-refractivity contribution in [2.45, 2.75) is 36.5 Å². The van der Waals surface area contributed by atoms with Crippen LogP contribution in [0.2, 0.25) is 0 Å². The summed E-state index contributed by atoms with van der Waals surface area (Å²) in [4.78, 5) is 25.4. The van der Waals surface area contributed by atoms with E-state index in [1.165, 1.54) is 0 Å². The molecule has 0 atom stereocenters. The second kappa shape index (κ2) is 11.1. The van der Waals surface area contributed by atoms with Crippen LogP contribution in [-0.2, 0) is 0 Å². The molecule has 2 rings (SSSR count). The molecule has 2 amide bonds. The second-order valence-corrected chi connectivity index (χ2v) is 8.27. The lowest BCUT2D eigenvalue weighted by atomic mass is 10.0. The second-order valence-electron chi connectivity index (χ2n) is 6.00. The van der Waals surface area contributed by atoms with Gasteiger partial charge in [-0.15, -0.1) is 23.5 Å². The molecule has 0 radical (unpaired) electrons. The van der Waals surface area contributed by atoms with Crippen molar-refractivity contribution < 1.29 is 20.0 Å². The normalized spacial score (nSPS) is 10.6. The molecule has 0 heterocycles. The molecule has 6 nitrogen and oxygen atoms in total. The molecule has 0 aromatic heterocycles. The van der Waals surface area contributed by atoms with Crippen LogP contribution in [0.5, 0.6) is 0 Å². The maximum absolute atomic E-state index is 11.9. The molecule has 0 unspecified atom stereocenters. The average Bonchev–Trinajstić information content (AvgIpc) is 2.74. The van der Waals surface area contributed by atoms with Gasteiger partial charge in [0.1, 0.15) is 0 Å². The summed E-state index contributed by atoms with van der Waals surface area (Å²) in [6, 6.07) is 10.8. The van der Waals surface area contributed by atoms with Crippen LogP contribution in [0.4, 0.5) is 0 Å². The van der Waals surface area contributed by atoms with E-state index < -0.39 is 11.8 Å². The molecule has 2 aromatic rings. The average molecular weight is 421 g/mol. The van der Waals surface area contributed by atoms with E-state index >= 15 is 0 Å². The molecule has 0 bridgehead atoms. The Hall–Kier alpha value is -2.00. The van der Waals surface area contributed by atoms with Crippen molar-refractivity contribution in [1.29, 1.82) is 0 Å². The predicted molar refractivity (Wildman–Crippen MR) is 112 cm³/mol. The summed E-state index contributed by atoms with van der Waals surface area (Å²) in [7, 11) is 0. The molecular formula is C20H24N2O4S2. The third-order valence-electron chi connectivity index (χ3n) is 3.91. The van der Waals surface area contributed by atoms with Gasteiger partial charge in [-0.05, 0) is 59.7 Å². The van der Waals surface area contributed by atoms with Crippen molar-refractivity contribution >= 4 is 35.3 Å². The Bertz CT molecular complexity index is 773. The minimum absolute atomic E-state index is 0.418. The Balaban J connectivity index is 2.47. The number of hydrogen-bond acceptors (Lipinski definition) is 6. The summed E-state index contributed by atoms with van der Waals surface area (Å²) in [6.07, 6.45) is 1.91. The summed E-state index contributed by atoms with van der Waals surface area (Å²) in [5.74, 6) is 0.615. The maximum atomic E-state index is 11.9. The Morgan fingerprint density at radius 3 is 1.50 bits per heavy atom. The van der Waals surface area contributed by atoms with Crippen LogP contribution in [0, 0.1) is 0 Å². The fourth-order valence-corrected chi connectivity index (χ4v) is 4.46. The van der Waals surface area contributed by atoms with Gasteiger partial charge in [-0.3, -0.25) is 20.0 Å². The predicted octanol–water partition coefficient (Wildman–Crippen LogP) is 4.60. The number of benzene rings is 2. The number of carbonyl (C=O) groups excluding carboxylic acids is 2. The zero-order valence-electron chi connectivity index (χ0n) is 15.8. The Labute approximate surface area is 173 Å². The molecule has 0 fully saturated rings. The van der Waals surface area contributed by atoms with Gasteiger partial charge in [0.05, 0.1) is 11.1 Å². The SMILES string of the molecule is CCCSc1cc(-c2ccc(C(=O)NO)c(SCCC)c2)ccc1C(=O)NO. The third kappa shape index (κ3) is 5.51. The van der Waals surface area contributed by atoms with Crippen molar-refractivity contribution in [2.24, 2.45) is 0 Å². The minimum Gasteiger partial charge on any atom is -0.288 e. The Morgan fingerprint density at radius 1 is 0.786 bits per heavy atom. The van der Waals surface area contributed by atoms with Crippen LogP contribution < -0.4 is 11.0 Å². The van der Waals surface area contributed by atoms with Crippen molar-refractivity contribution in [2.75, 3.05) is 11.5 Å². The van der Waals surface area contributed by atoms with E-state index in [0.717, 1.165) is 45.3 Å². The van der Waals surface area contributed by atoms with Gasteiger partial charge in [0, 0.05) is 9.79 Å². The summed E-state index contributed by atoms with van der Waals surface area (Å²) < 4.78 is 0. The highest BCUT2D eigenvalue weighted by Crippen LogP contribution is 2.33. The van der Waals surface area contributed by atoms with Crippen molar-refractivity contribution in [3.05, 3.63) is 47.5 Å². The van der Waals surface area contributed by atoms with Gasteiger partial charge in [0.2, 0.25) is 0 Å². The zero-order chi connectivity index (χ0) is 20.5. The number of hydrogen-bond donors (Lipinski definition) is 4. The highest BCUT2D eigenvalue weighted by atomic mass is 32.2. The standard InChI is InChI=1S/C20H24N2O4S2/c1-3-9-27-17-11-13(5-7-15(17)19(23)21-25)14-6-8-16(20(24)22-26)18(12-14)28-10-4-2/h5-8,11-12,25-26H,3-4,9-10H2,1-2H3,(H,21,23)(H,22,24). The summed E-state index contributed by atoms with van der Waals surface area (Å²) >= 11 is 3.11. The highest BCUT2D eigenvalue weighted by Gasteiger charge is 2.15. The van der Waals surface area contributed by atoms with Crippen LogP contribution in [-0.4, -0.2) is 33.7 Å². The molecule has 150 valence electrons. The maximum Gasteiger partial charge on any atom is 0.275 e. The molecular weight excluding hydrogens is 396 g/mol. The van der Waals surface area contributed by atoms with E-state index in [0.29, 0.717) is 11.1 Å². The topological polar surface area (TPSA) is 98.7 Å². The number of carbonyl (C=O) groups is 2. The molecule has 28 heavy (non-hydrogen) atoms. The molecule has 0 saturated carbocycles. The molecule has 2 aromatic carbocycles. The van der Waals surface area contributed by atoms with Crippen LogP contribution in [0.3, 0.4) is 0 Å². The minimum atomic E-state index is -0.542. The number of rotatable bonds is 9. The smallest absolute Gasteiger partial charge is 0.275 e. The van der Waals surface area contributed by atoms with Crippen LogP contribution in [0.1, 0.15) is 47.4 Å². The van der Waals surface area contributed by atoms with Crippen molar-refractivity contribution in [3.8, 4) is 11.1 Å². The van der Waals surface area contributed by atoms with Gasteiger partial charge < -0.3 is 0 Å². The molecule has 0 aliphatic carbocycles. The summed E-state index contributed by atoms with van der Waals surface area (Å²) in [6.45, 7) is 4.12. The highest BCUT2D eigenvalue weighted by molar-refractivity contribution is 7.99. The largest absolute Gasteiger partial charge is 0.288 e. The van der Waals surface area contributed by atoms with E-state index in [-0.39, 0.29) is 0 Å².